The molecule has 0 fully saturated rings. The van der Waals surface area contributed by atoms with Crippen LogP contribution < -0.4 is 11.0 Å². The first-order chi connectivity index (χ1) is 8.20. The van der Waals surface area contributed by atoms with Gasteiger partial charge in [-0.15, -0.1) is 0 Å². The maximum atomic E-state index is 11.2. The van der Waals surface area contributed by atoms with Crippen LogP contribution in [0.4, 0.5) is 5.82 Å². The van der Waals surface area contributed by atoms with Crippen molar-refractivity contribution < 1.29 is 5.11 Å². The Morgan fingerprint density at radius 2 is 2.47 bits per heavy atom. The molecule has 2 aromatic rings. The summed E-state index contributed by atoms with van der Waals surface area (Å²) in [5.74, 6) is 0.447. The fraction of sp³-hybridized carbons (Fsp3) is 0.300. The maximum absolute atomic E-state index is 11.2. The number of hydrogen-bond acceptors (Lipinski definition) is 5. The minimum atomic E-state index is -0.449. The molecule has 2 rings (SSSR count). The molecule has 0 spiro atoms. The van der Waals surface area contributed by atoms with Crippen LogP contribution >= 0.6 is 0 Å². The highest BCUT2D eigenvalue weighted by Crippen LogP contribution is 2.12. The Bertz CT molecular complexity index is 598. The van der Waals surface area contributed by atoms with Gasteiger partial charge in [0, 0.05) is 6.54 Å². The Kier molecular flexibility index (Phi) is 3.20. The molecule has 0 aliphatic carbocycles. The molecule has 0 radical (unpaired) electrons. The number of aliphatic hydroxyl groups excluding tert-OH is 1. The van der Waals surface area contributed by atoms with Crippen LogP contribution in [0.5, 0.6) is 0 Å². The minimum Gasteiger partial charge on any atom is -0.392 e. The molecule has 0 saturated heterocycles. The summed E-state index contributed by atoms with van der Waals surface area (Å²) in [6, 6.07) is 0. The molecule has 2 heterocycles. The van der Waals surface area contributed by atoms with Gasteiger partial charge in [-0.1, -0.05) is 11.6 Å². The Morgan fingerprint density at radius 1 is 1.65 bits per heavy atom. The normalized spacial score (nSPS) is 12.0. The van der Waals surface area contributed by atoms with Gasteiger partial charge in [0.25, 0.3) is 0 Å². The number of aromatic nitrogens is 4. The molecular formula is C10H13N5O2. The first-order valence-electron chi connectivity index (χ1n) is 5.14. The predicted octanol–water partition coefficient (Wildman–Crippen LogP) is -0.00330. The zero-order chi connectivity index (χ0) is 12.3. The average molecular weight is 235 g/mol. The molecule has 0 aromatic carbocycles. The lowest BCUT2D eigenvalue weighted by atomic mass is 10.3. The van der Waals surface area contributed by atoms with Crippen LogP contribution in [0.3, 0.4) is 0 Å². The van der Waals surface area contributed by atoms with Crippen molar-refractivity contribution in [3.05, 3.63) is 28.5 Å². The van der Waals surface area contributed by atoms with Gasteiger partial charge in [-0.25, -0.2) is 9.78 Å². The maximum Gasteiger partial charge on any atom is 0.348 e. The molecule has 0 atom stereocenters. The summed E-state index contributed by atoms with van der Waals surface area (Å²) in [4.78, 5) is 24.4. The molecule has 7 heteroatoms. The fourth-order valence-corrected chi connectivity index (χ4v) is 1.37. The van der Waals surface area contributed by atoms with E-state index in [1.807, 2.05) is 13.0 Å². The van der Waals surface area contributed by atoms with E-state index in [-0.39, 0.29) is 6.61 Å². The van der Waals surface area contributed by atoms with Crippen LogP contribution in [0, 0.1) is 0 Å². The van der Waals surface area contributed by atoms with E-state index in [0.717, 1.165) is 5.57 Å². The molecule has 0 bridgehead atoms. The van der Waals surface area contributed by atoms with Gasteiger partial charge in [0.05, 0.1) is 12.9 Å². The fourth-order valence-electron chi connectivity index (χ4n) is 1.37. The van der Waals surface area contributed by atoms with Crippen LogP contribution in [0.15, 0.2) is 22.8 Å². The third-order valence-corrected chi connectivity index (χ3v) is 2.28. The van der Waals surface area contributed by atoms with Gasteiger partial charge < -0.3 is 15.4 Å². The molecule has 0 aliphatic rings. The number of nitrogens with one attached hydrogen (secondary N) is 3. The Balaban J connectivity index is 2.23. The largest absolute Gasteiger partial charge is 0.392 e. The summed E-state index contributed by atoms with van der Waals surface area (Å²) in [6.45, 7) is 2.32. The van der Waals surface area contributed by atoms with Gasteiger partial charge in [0.1, 0.15) is 5.52 Å². The van der Waals surface area contributed by atoms with Crippen molar-refractivity contribution in [3.63, 3.8) is 0 Å². The van der Waals surface area contributed by atoms with Crippen molar-refractivity contribution in [2.45, 2.75) is 6.92 Å². The van der Waals surface area contributed by atoms with Gasteiger partial charge >= 0.3 is 5.69 Å². The molecular weight excluding hydrogens is 222 g/mol. The van der Waals surface area contributed by atoms with Crippen LogP contribution in [0.2, 0.25) is 0 Å². The highest BCUT2D eigenvalue weighted by atomic mass is 16.3. The zero-order valence-corrected chi connectivity index (χ0v) is 9.32. The third-order valence-electron chi connectivity index (χ3n) is 2.28. The second kappa shape index (κ2) is 4.79. The lowest BCUT2D eigenvalue weighted by molar-refractivity contribution is 0.331. The Labute approximate surface area is 96.6 Å². The van der Waals surface area contributed by atoms with Gasteiger partial charge in [-0.05, 0) is 6.92 Å². The molecule has 0 unspecified atom stereocenters. The molecule has 4 N–H and O–H groups in total. The lowest BCUT2D eigenvalue weighted by Crippen LogP contribution is -2.14. The molecule has 2 aromatic heterocycles. The second-order valence-electron chi connectivity index (χ2n) is 3.61. The van der Waals surface area contributed by atoms with Crippen LogP contribution in [-0.4, -0.2) is 38.2 Å². The van der Waals surface area contributed by atoms with E-state index >= 15 is 0 Å². The number of aromatic amines is 2. The second-order valence-corrected chi connectivity index (χ2v) is 3.61. The number of rotatable bonds is 4. The summed E-state index contributed by atoms with van der Waals surface area (Å²) < 4.78 is 0. The van der Waals surface area contributed by atoms with Crippen molar-refractivity contribution in [2.24, 2.45) is 0 Å². The summed E-state index contributed by atoms with van der Waals surface area (Å²) in [5, 5.41) is 11.8. The van der Waals surface area contributed by atoms with Crippen LogP contribution in [-0.2, 0) is 0 Å². The topological polar surface area (TPSA) is 107 Å². The monoisotopic (exact) mass is 235 g/mol. The first kappa shape index (κ1) is 11.3. The third kappa shape index (κ3) is 2.51. The number of aliphatic hydroxyl groups is 1. The van der Waals surface area contributed by atoms with Crippen molar-refractivity contribution >= 4 is 17.0 Å². The number of H-pyrrole nitrogens is 2. The number of nitrogens with zero attached hydrogens (tertiary/aromatic N) is 2. The van der Waals surface area contributed by atoms with E-state index in [9.17, 15) is 4.79 Å². The van der Waals surface area contributed by atoms with Crippen molar-refractivity contribution in [1.29, 1.82) is 0 Å². The highest BCUT2D eigenvalue weighted by molar-refractivity contribution is 5.81. The van der Waals surface area contributed by atoms with E-state index in [1.54, 1.807) is 0 Å². The predicted molar refractivity (Wildman–Crippen MR) is 63.8 cm³/mol. The molecule has 90 valence electrons. The smallest absolute Gasteiger partial charge is 0.348 e. The van der Waals surface area contributed by atoms with Gasteiger partial charge in [0.15, 0.2) is 11.5 Å². The molecule has 0 aliphatic heterocycles. The summed E-state index contributed by atoms with van der Waals surface area (Å²) in [5.41, 5.74) is 1.52. The summed E-state index contributed by atoms with van der Waals surface area (Å²) in [7, 11) is 0. The van der Waals surface area contributed by atoms with Gasteiger partial charge in [0.2, 0.25) is 0 Å². The zero-order valence-electron chi connectivity index (χ0n) is 9.32. The first-order valence-corrected chi connectivity index (χ1v) is 5.14. The van der Waals surface area contributed by atoms with Crippen molar-refractivity contribution in [2.75, 3.05) is 18.5 Å². The Hall–Kier alpha value is -2.15. The Morgan fingerprint density at radius 3 is 3.24 bits per heavy atom. The number of imidazole rings is 1. The molecule has 0 saturated carbocycles. The van der Waals surface area contributed by atoms with Gasteiger partial charge in [-0.2, -0.15) is 4.98 Å². The quantitative estimate of drug-likeness (QED) is 0.558. The summed E-state index contributed by atoms with van der Waals surface area (Å²) in [6.07, 6.45) is 3.31. The van der Waals surface area contributed by atoms with Crippen molar-refractivity contribution in [3.8, 4) is 0 Å². The average Bonchev–Trinajstić information content (AvgIpc) is 2.76. The highest BCUT2D eigenvalue weighted by Gasteiger charge is 2.05. The molecule has 7 nitrogen and oxygen atoms in total. The van der Waals surface area contributed by atoms with E-state index in [4.69, 9.17) is 5.11 Å². The number of anilines is 1. The number of fused-ring (bicyclic) bond motifs is 1. The molecule has 17 heavy (non-hydrogen) atoms. The van der Waals surface area contributed by atoms with Crippen LogP contribution in [0.25, 0.3) is 11.2 Å². The SMILES string of the molecule is CC(=CCNc1nc(=O)[nH]c2nc[nH]c12)CO. The minimum absolute atomic E-state index is 0.0178. The van der Waals surface area contributed by atoms with Gasteiger partial charge in [-0.3, -0.25) is 4.98 Å². The standard InChI is InChI=1S/C10H13N5O2/c1-6(4-16)2-3-11-8-7-9(13-5-12-7)15-10(17)14-8/h2,5,16H,3-4H2,1H3,(H3,11,12,13,14,15,17). The van der Waals surface area contributed by atoms with E-state index in [1.165, 1.54) is 6.33 Å². The van der Waals surface area contributed by atoms with E-state index in [2.05, 4.69) is 25.3 Å². The lowest BCUT2D eigenvalue weighted by Gasteiger charge is -2.03. The van der Waals surface area contributed by atoms with E-state index < -0.39 is 5.69 Å². The van der Waals surface area contributed by atoms with Crippen LogP contribution in [0.1, 0.15) is 6.92 Å². The van der Waals surface area contributed by atoms with Crippen molar-refractivity contribution in [1.82, 2.24) is 19.9 Å². The van der Waals surface area contributed by atoms with E-state index in [0.29, 0.717) is 23.5 Å². The summed E-state index contributed by atoms with van der Waals surface area (Å²) >= 11 is 0. The number of hydrogen-bond donors (Lipinski definition) is 4. The molecule has 0 amide bonds.